The monoisotopic (exact) mass is 216 g/mol. The number of hydrogen-bond acceptors (Lipinski definition) is 3. The van der Waals surface area contributed by atoms with Crippen molar-refractivity contribution in [2.24, 2.45) is 0 Å². The molecule has 0 N–H and O–H groups in total. The summed E-state index contributed by atoms with van der Waals surface area (Å²) < 4.78 is 5.48. The van der Waals surface area contributed by atoms with Crippen molar-refractivity contribution in [3.63, 3.8) is 0 Å². The van der Waals surface area contributed by atoms with Crippen LogP contribution < -0.4 is 9.64 Å². The van der Waals surface area contributed by atoms with Crippen molar-refractivity contribution in [3.8, 4) is 11.8 Å². The van der Waals surface area contributed by atoms with Gasteiger partial charge < -0.3 is 9.64 Å². The summed E-state index contributed by atoms with van der Waals surface area (Å²) in [6, 6.07) is 7.99. The Labute approximate surface area is 96.2 Å². The second kappa shape index (κ2) is 4.89. The van der Waals surface area contributed by atoms with Gasteiger partial charge in [-0.05, 0) is 31.9 Å². The van der Waals surface area contributed by atoms with Gasteiger partial charge in [0.25, 0.3) is 0 Å². The van der Waals surface area contributed by atoms with Gasteiger partial charge in [0, 0.05) is 24.8 Å². The molecule has 0 spiro atoms. The predicted molar refractivity (Wildman–Crippen MR) is 63.8 cm³/mol. The number of nitrogens with zero attached hydrogens (tertiary/aromatic N) is 2. The Morgan fingerprint density at radius 3 is 2.75 bits per heavy atom. The maximum atomic E-state index is 8.96. The zero-order valence-electron chi connectivity index (χ0n) is 9.57. The fraction of sp³-hybridized carbons (Fsp3) is 0.462. The molecule has 1 aliphatic heterocycles. The molecule has 2 rings (SSSR count). The molecule has 0 aromatic heterocycles. The molecule has 3 nitrogen and oxygen atoms in total. The maximum Gasteiger partial charge on any atom is 0.139 e. The second-order valence-corrected chi connectivity index (χ2v) is 3.92. The first kappa shape index (κ1) is 10.8. The molecule has 1 aromatic rings. The van der Waals surface area contributed by atoms with Gasteiger partial charge >= 0.3 is 0 Å². The van der Waals surface area contributed by atoms with Crippen molar-refractivity contribution < 1.29 is 4.74 Å². The minimum absolute atomic E-state index is 0.595. The Morgan fingerprint density at radius 2 is 2.12 bits per heavy atom. The van der Waals surface area contributed by atoms with Crippen LogP contribution in [-0.4, -0.2) is 19.7 Å². The standard InChI is InChI=1S/C13H16N2O/c1-2-16-13-9-12(6-5-11(13)10-14)15-7-3-4-8-15/h5-6,9H,2-4,7-8H2,1H3. The lowest BCUT2D eigenvalue weighted by Crippen LogP contribution is -2.17. The van der Waals surface area contributed by atoms with Gasteiger partial charge in [0.2, 0.25) is 0 Å². The van der Waals surface area contributed by atoms with Crippen molar-refractivity contribution in [1.82, 2.24) is 0 Å². The van der Waals surface area contributed by atoms with Crippen LogP contribution in [-0.2, 0) is 0 Å². The molecule has 0 unspecified atom stereocenters. The van der Waals surface area contributed by atoms with E-state index in [9.17, 15) is 0 Å². The van der Waals surface area contributed by atoms with E-state index >= 15 is 0 Å². The van der Waals surface area contributed by atoms with Crippen LogP contribution in [0.2, 0.25) is 0 Å². The molecular formula is C13H16N2O. The lowest BCUT2D eigenvalue weighted by atomic mass is 10.2. The van der Waals surface area contributed by atoms with Crippen LogP contribution in [0.1, 0.15) is 25.3 Å². The third-order valence-corrected chi connectivity index (χ3v) is 2.86. The fourth-order valence-electron chi connectivity index (χ4n) is 2.05. The quantitative estimate of drug-likeness (QED) is 0.779. The van der Waals surface area contributed by atoms with E-state index in [1.807, 2.05) is 25.1 Å². The van der Waals surface area contributed by atoms with Gasteiger partial charge in [-0.15, -0.1) is 0 Å². The predicted octanol–water partition coefficient (Wildman–Crippen LogP) is 2.56. The van der Waals surface area contributed by atoms with Gasteiger partial charge in [0.1, 0.15) is 11.8 Å². The van der Waals surface area contributed by atoms with E-state index in [1.54, 1.807) is 0 Å². The Morgan fingerprint density at radius 1 is 1.38 bits per heavy atom. The molecule has 1 aliphatic rings. The molecular weight excluding hydrogens is 200 g/mol. The SMILES string of the molecule is CCOc1cc(N2CCCC2)ccc1C#N. The summed E-state index contributed by atoms with van der Waals surface area (Å²) in [5, 5.41) is 8.96. The van der Waals surface area contributed by atoms with Crippen molar-refractivity contribution >= 4 is 5.69 Å². The highest BCUT2D eigenvalue weighted by atomic mass is 16.5. The number of nitriles is 1. The molecule has 1 heterocycles. The number of benzene rings is 1. The minimum Gasteiger partial charge on any atom is -0.492 e. The summed E-state index contributed by atoms with van der Waals surface area (Å²) in [4.78, 5) is 2.34. The third kappa shape index (κ3) is 2.11. The maximum absolute atomic E-state index is 8.96. The zero-order valence-corrected chi connectivity index (χ0v) is 9.57. The van der Waals surface area contributed by atoms with Gasteiger partial charge in [-0.2, -0.15) is 5.26 Å². The van der Waals surface area contributed by atoms with Gasteiger partial charge in [0.05, 0.1) is 12.2 Å². The molecule has 1 aromatic carbocycles. The highest BCUT2D eigenvalue weighted by Crippen LogP contribution is 2.27. The van der Waals surface area contributed by atoms with Crippen molar-refractivity contribution in [2.45, 2.75) is 19.8 Å². The lowest BCUT2D eigenvalue weighted by Gasteiger charge is -2.18. The zero-order chi connectivity index (χ0) is 11.4. The van der Waals surface area contributed by atoms with Crippen molar-refractivity contribution in [2.75, 3.05) is 24.6 Å². The van der Waals surface area contributed by atoms with E-state index in [1.165, 1.54) is 18.5 Å². The first-order valence-corrected chi connectivity index (χ1v) is 5.77. The van der Waals surface area contributed by atoms with E-state index in [2.05, 4.69) is 11.0 Å². The summed E-state index contributed by atoms with van der Waals surface area (Å²) >= 11 is 0. The van der Waals surface area contributed by atoms with Crippen molar-refractivity contribution in [3.05, 3.63) is 23.8 Å². The summed E-state index contributed by atoms with van der Waals surface area (Å²) in [5.74, 6) is 0.703. The summed E-state index contributed by atoms with van der Waals surface area (Å²) in [6.07, 6.45) is 2.51. The average molecular weight is 216 g/mol. The number of anilines is 1. The molecule has 0 amide bonds. The van der Waals surface area contributed by atoms with E-state index < -0.39 is 0 Å². The smallest absolute Gasteiger partial charge is 0.139 e. The van der Waals surface area contributed by atoms with Gasteiger partial charge in [-0.3, -0.25) is 0 Å². The van der Waals surface area contributed by atoms with Crippen LogP contribution >= 0.6 is 0 Å². The summed E-state index contributed by atoms with van der Waals surface area (Å²) in [5.41, 5.74) is 1.78. The Bertz CT molecular complexity index is 403. The molecule has 3 heteroatoms. The first-order valence-electron chi connectivity index (χ1n) is 5.77. The molecule has 0 saturated carbocycles. The Kier molecular flexibility index (Phi) is 3.31. The van der Waals surface area contributed by atoms with E-state index in [4.69, 9.17) is 10.00 Å². The molecule has 0 radical (unpaired) electrons. The van der Waals surface area contributed by atoms with Crippen LogP contribution in [0.5, 0.6) is 5.75 Å². The Balaban J connectivity index is 2.27. The van der Waals surface area contributed by atoms with Crippen LogP contribution in [0, 0.1) is 11.3 Å². The van der Waals surface area contributed by atoms with Gasteiger partial charge in [-0.25, -0.2) is 0 Å². The van der Waals surface area contributed by atoms with Crippen LogP contribution in [0.25, 0.3) is 0 Å². The number of ether oxygens (including phenoxy) is 1. The topological polar surface area (TPSA) is 36.3 Å². The highest BCUT2D eigenvalue weighted by molar-refractivity contribution is 5.57. The lowest BCUT2D eigenvalue weighted by molar-refractivity contribution is 0.339. The van der Waals surface area contributed by atoms with Gasteiger partial charge in [-0.1, -0.05) is 0 Å². The highest BCUT2D eigenvalue weighted by Gasteiger charge is 2.14. The number of hydrogen-bond donors (Lipinski definition) is 0. The van der Waals surface area contributed by atoms with E-state index in [-0.39, 0.29) is 0 Å². The minimum atomic E-state index is 0.595. The molecule has 0 aliphatic carbocycles. The molecule has 16 heavy (non-hydrogen) atoms. The number of rotatable bonds is 3. The largest absolute Gasteiger partial charge is 0.492 e. The Hall–Kier alpha value is -1.69. The van der Waals surface area contributed by atoms with Gasteiger partial charge in [0.15, 0.2) is 0 Å². The fourth-order valence-corrected chi connectivity index (χ4v) is 2.05. The molecule has 0 atom stereocenters. The molecule has 1 fully saturated rings. The third-order valence-electron chi connectivity index (χ3n) is 2.86. The van der Waals surface area contributed by atoms with Crippen LogP contribution in [0.4, 0.5) is 5.69 Å². The van der Waals surface area contributed by atoms with E-state index in [0.717, 1.165) is 13.1 Å². The average Bonchev–Trinajstić information content (AvgIpc) is 2.83. The van der Waals surface area contributed by atoms with Crippen LogP contribution in [0.15, 0.2) is 18.2 Å². The first-order chi connectivity index (χ1) is 7.85. The van der Waals surface area contributed by atoms with Crippen molar-refractivity contribution in [1.29, 1.82) is 5.26 Å². The molecule has 0 bridgehead atoms. The molecule has 84 valence electrons. The van der Waals surface area contributed by atoms with Crippen LogP contribution in [0.3, 0.4) is 0 Å². The normalized spacial score (nSPS) is 14.9. The molecule has 1 saturated heterocycles. The second-order valence-electron chi connectivity index (χ2n) is 3.92. The van der Waals surface area contributed by atoms with E-state index in [0.29, 0.717) is 17.9 Å². The summed E-state index contributed by atoms with van der Waals surface area (Å²) in [6.45, 7) is 4.75. The summed E-state index contributed by atoms with van der Waals surface area (Å²) in [7, 11) is 0.